The Morgan fingerprint density at radius 1 is 1.53 bits per heavy atom. The molecule has 1 aromatic rings. The zero-order valence-corrected chi connectivity index (χ0v) is 12.3. The Labute approximate surface area is 111 Å². The van der Waals surface area contributed by atoms with Crippen LogP contribution in [0.25, 0.3) is 0 Å². The minimum Gasteiger partial charge on any atom is -0.381 e. The van der Waals surface area contributed by atoms with Crippen molar-refractivity contribution in [3.05, 3.63) is 22.3 Å². The van der Waals surface area contributed by atoms with E-state index in [0.717, 1.165) is 16.7 Å². The van der Waals surface area contributed by atoms with E-state index < -0.39 is 0 Å². The number of aryl methyl sites for hydroxylation is 1. The number of methoxy groups -OCH3 is 1. The summed E-state index contributed by atoms with van der Waals surface area (Å²) in [5, 5.41) is 3.50. The highest BCUT2D eigenvalue weighted by Crippen LogP contribution is 2.44. The van der Waals surface area contributed by atoms with Gasteiger partial charge in [-0.3, -0.25) is 0 Å². The summed E-state index contributed by atoms with van der Waals surface area (Å²) in [4.78, 5) is 4.38. The highest BCUT2D eigenvalue weighted by molar-refractivity contribution is 9.10. The van der Waals surface area contributed by atoms with E-state index in [2.05, 4.69) is 47.0 Å². The quantitative estimate of drug-likeness (QED) is 0.929. The van der Waals surface area contributed by atoms with Gasteiger partial charge in [0, 0.05) is 24.8 Å². The van der Waals surface area contributed by atoms with Crippen LogP contribution in [-0.2, 0) is 4.74 Å². The number of nitrogens with one attached hydrogen (secondary N) is 1. The second-order valence-electron chi connectivity index (χ2n) is 5.27. The summed E-state index contributed by atoms with van der Waals surface area (Å²) in [6.45, 7) is 6.53. The van der Waals surface area contributed by atoms with Gasteiger partial charge in [0.05, 0.1) is 10.6 Å². The number of rotatable bonds is 3. The van der Waals surface area contributed by atoms with E-state index in [9.17, 15) is 0 Å². The minimum atomic E-state index is 0.152. The zero-order valence-electron chi connectivity index (χ0n) is 10.7. The first-order valence-corrected chi connectivity index (χ1v) is 6.66. The second kappa shape index (κ2) is 4.58. The Kier molecular flexibility index (Phi) is 3.46. The molecule has 1 heterocycles. The number of pyridine rings is 1. The molecule has 0 amide bonds. The lowest BCUT2D eigenvalue weighted by atomic mass is 9.64. The van der Waals surface area contributed by atoms with Gasteiger partial charge in [0.25, 0.3) is 0 Å². The lowest BCUT2D eigenvalue weighted by Crippen LogP contribution is -2.57. The van der Waals surface area contributed by atoms with Crippen LogP contribution < -0.4 is 5.32 Å². The number of hydrogen-bond acceptors (Lipinski definition) is 3. The van der Waals surface area contributed by atoms with Gasteiger partial charge in [-0.05, 0) is 40.9 Å². The van der Waals surface area contributed by atoms with E-state index in [1.807, 2.05) is 12.3 Å². The number of nitrogens with zero attached hydrogens (tertiary/aromatic N) is 1. The smallest absolute Gasteiger partial charge is 0.140 e. The van der Waals surface area contributed by atoms with Crippen LogP contribution >= 0.6 is 15.9 Å². The van der Waals surface area contributed by atoms with Crippen LogP contribution in [-0.4, -0.2) is 24.2 Å². The molecule has 0 aliphatic heterocycles. The molecule has 1 aromatic heterocycles. The van der Waals surface area contributed by atoms with Crippen LogP contribution in [0.4, 0.5) is 5.82 Å². The van der Waals surface area contributed by atoms with Crippen molar-refractivity contribution in [2.45, 2.75) is 39.3 Å². The molecule has 2 unspecified atom stereocenters. The monoisotopic (exact) mass is 298 g/mol. The summed E-state index contributed by atoms with van der Waals surface area (Å²) in [7, 11) is 1.78. The maximum Gasteiger partial charge on any atom is 0.140 e. The molecule has 1 N–H and O–H groups in total. The van der Waals surface area contributed by atoms with Crippen LogP contribution in [0.1, 0.15) is 25.8 Å². The Bertz CT molecular complexity index is 420. The molecule has 2 atom stereocenters. The van der Waals surface area contributed by atoms with Gasteiger partial charge in [-0.15, -0.1) is 0 Å². The van der Waals surface area contributed by atoms with Gasteiger partial charge in [0.1, 0.15) is 5.82 Å². The van der Waals surface area contributed by atoms with Crippen molar-refractivity contribution in [2.75, 3.05) is 12.4 Å². The standard InChI is InChI=1S/C13H19BrN2O/c1-8-5-6-15-12(11(8)14)16-9-7-10(17-4)13(9,2)3/h5-6,9-10H,7H2,1-4H3,(H,15,16). The Hall–Kier alpha value is -0.610. The number of hydrogen-bond donors (Lipinski definition) is 1. The molecule has 0 saturated heterocycles. The van der Waals surface area contributed by atoms with Gasteiger partial charge in [-0.1, -0.05) is 13.8 Å². The summed E-state index contributed by atoms with van der Waals surface area (Å²) in [5.74, 6) is 0.928. The maximum atomic E-state index is 5.45. The van der Waals surface area contributed by atoms with Crippen LogP contribution in [0.15, 0.2) is 16.7 Å². The predicted octanol–water partition coefficient (Wildman–Crippen LogP) is 3.38. The van der Waals surface area contributed by atoms with E-state index in [0.29, 0.717) is 12.1 Å². The molecule has 0 aromatic carbocycles. The second-order valence-corrected chi connectivity index (χ2v) is 6.06. The molecule has 94 valence electrons. The first-order chi connectivity index (χ1) is 7.96. The number of halogens is 1. The Morgan fingerprint density at radius 3 is 2.82 bits per heavy atom. The number of anilines is 1. The molecular formula is C13H19BrN2O. The molecule has 0 spiro atoms. The zero-order chi connectivity index (χ0) is 12.6. The van der Waals surface area contributed by atoms with E-state index in [1.165, 1.54) is 5.56 Å². The van der Waals surface area contributed by atoms with E-state index >= 15 is 0 Å². The van der Waals surface area contributed by atoms with E-state index in [1.54, 1.807) is 7.11 Å². The molecule has 17 heavy (non-hydrogen) atoms. The van der Waals surface area contributed by atoms with Crippen molar-refractivity contribution in [1.29, 1.82) is 0 Å². The average Bonchev–Trinajstić information content (AvgIpc) is 2.29. The molecular weight excluding hydrogens is 280 g/mol. The topological polar surface area (TPSA) is 34.1 Å². The molecule has 0 radical (unpaired) electrons. The highest BCUT2D eigenvalue weighted by atomic mass is 79.9. The summed E-state index contributed by atoms with van der Waals surface area (Å²) < 4.78 is 6.50. The summed E-state index contributed by atoms with van der Waals surface area (Å²) >= 11 is 3.58. The highest BCUT2D eigenvalue weighted by Gasteiger charge is 2.48. The van der Waals surface area contributed by atoms with Crippen molar-refractivity contribution in [3.8, 4) is 0 Å². The van der Waals surface area contributed by atoms with Crippen LogP contribution in [0.2, 0.25) is 0 Å². The van der Waals surface area contributed by atoms with Gasteiger partial charge in [-0.2, -0.15) is 0 Å². The lowest BCUT2D eigenvalue weighted by Gasteiger charge is -2.51. The van der Waals surface area contributed by atoms with E-state index in [4.69, 9.17) is 4.74 Å². The third-order valence-electron chi connectivity index (χ3n) is 3.86. The summed E-state index contributed by atoms with van der Waals surface area (Å²) in [5.41, 5.74) is 1.35. The maximum absolute atomic E-state index is 5.45. The first-order valence-electron chi connectivity index (χ1n) is 5.87. The predicted molar refractivity (Wildman–Crippen MR) is 73.3 cm³/mol. The SMILES string of the molecule is COC1CC(Nc2nccc(C)c2Br)C1(C)C. The van der Waals surface area contributed by atoms with Crippen molar-refractivity contribution in [3.63, 3.8) is 0 Å². The molecule has 4 heteroatoms. The third kappa shape index (κ3) is 2.20. The normalized spacial score (nSPS) is 26.4. The van der Waals surface area contributed by atoms with Gasteiger partial charge < -0.3 is 10.1 Å². The fourth-order valence-electron chi connectivity index (χ4n) is 2.34. The third-order valence-corrected chi connectivity index (χ3v) is 4.86. The van der Waals surface area contributed by atoms with Crippen molar-refractivity contribution >= 4 is 21.7 Å². The van der Waals surface area contributed by atoms with Crippen molar-refractivity contribution in [2.24, 2.45) is 5.41 Å². The molecule has 0 bridgehead atoms. The van der Waals surface area contributed by atoms with Crippen molar-refractivity contribution in [1.82, 2.24) is 4.98 Å². The van der Waals surface area contributed by atoms with Gasteiger partial charge in [0.2, 0.25) is 0 Å². The van der Waals surface area contributed by atoms with Crippen molar-refractivity contribution < 1.29 is 4.74 Å². The molecule has 3 nitrogen and oxygen atoms in total. The van der Waals surface area contributed by atoms with E-state index in [-0.39, 0.29) is 5.41 Å². The van der Waals surface area contributed by atoms with Gasteiger partial charge in [-0.25, -0.2) is 4.98 Å². The van der Waals surface area contributed by atoms with Crippen LogP contribution in [0.5, 0.6) is 0 Å². The molecule has 1 fully saturated rings. The molecule has 1 aliphatic rings. The lowest BCUT2D eigenvalue weighted by molar-refractivity contribution is -0.0795. The largest absolute Gasteiger partial charge is 0.381 e. The average molecular weight is 299 g/mol. The number of ether oxygens (including phenoxy) is 1. The van der Waals surface area contributed by atoms with Gasteiger partial charge >= 0.3 is 0 Å². The molecule has 1 aliphatic carbocycles. The van der Waals surface area contributed by atoms with Gasteiger partial charge in [0.15, 0.2) is 0 Å². The Morgan fingerprint density at radius 2 is 2.24 bits per heavy atom. The molecule has 1 saturated carbocycles. The summed E-state index contributed by atoms with van der Waals surface area (Å²) in [6.07, 6.45) is 3.21. The van der Waals surface area contributed by atoms with Crippen LogP contribution in [0, 0.1) is 12.3 Å². The fourth-order valence-corrected chi connectivity index (χ4v) is 2.69. The fraction of sp³-hybridized carbons (Fsp3) is 0.615. The minimum absolute atomic E-state index is 0.152. The first kappa shape index (κ1) is 12.8. The summed E-state index contributed by atoms with van der Waals surface area (Å²) in [6, 6.07) is 2.41. The Balaban J connectivity index is 2.11. The molecule has 2 rings (SSSR count). The number of aromatic nitrogens is 1. The van der Waals surface area contributed by atoms with Crippen LogP contribution in [0.3, 0.4) is 0 Å².